The van der Waals surface area contributed by atoms with Crippen molar-refractivity contribution in [2.24, 2.45) is 0 Å². The summed E-state index contributed by atoms with van der Waals surface area (Å²) >= 11 is 6.07. The Bertz CT molecular complexity index is 2060. The highest BCUT2D eigenvalue weighted by Gasteiger charge is 2.26. The van der Waals surface area contributed by atoms with Gasteiger partial charge in [0, 0.05) is 22.3 Å². The van der Waals surface area contributed by atoms with E-state index < -0.39 is 6.17 Å². The molecule has 1 atom stereocenters. The van der Waals surface area contributed by atoms with Gasteiger partial charge in [0.2, 0.25) is 5.75 Å². The molecular formula is C42H46ClN3O9. The number of carbonyl (C=O) groups excluding carboxylic acids is 1. The lowest BCUT2D eigenvalue weighted by Crippen LogP contribution is -2.38. The first-order valence-electron chi connectivity index (χ1n) is 18.1. The second-order valence-corrected chi connectivity index (χ2v) is 13.2. The summed E-state index contributed by atoms with van der Waals surface area (Å²) in [6, 6.07) is 22.1. The molecule has 2 heterocycles. The van der Waals surface area contributed by atoms with Gasteiger partial charge in [-0.25, -0.2) is 0 Å². The molecule has 0 spiro atoms. The molecule has 1 aliphatic heterocycles. The van der Waals surface area contributed by atoms with Crippen molar-refractivity contribution < 1.29 is 42.5 Å². The molecule has 4 aromatic carbocycles. The number of fused-ring (bicyclic) bond motifs is 1. The van der Waals surface area contributed by atoms with Crippen LogP contribution in [0.5, 0.6) is 40.2 Å². The normalized spacial score (nSPS) is 13.3. The van der Waals surface area contributed by atoms with E-state index in [2.05, 4.69) is 15.8 Å². The van der Waals surface area contributed by atoms with Crippen LogP contribution in [0.15, 0.2) is 77.3 Å². The number of para-hydroxylation sites is 1. The van der Waals surface area contributed by atoms with Gasteiger partial charge in [-0.05, 0) is 73.0 Å². The number of hydrogen-bond acceptors (Lipinski definition) is 11. The molecule has 2 N–H and O–H groups in total. The van der Waals surface area contributed by atoms with Gasteiger partial charge in [0.05, 0.1) is 59.9 Å². The molecule has 55 heavy (non-hydrogen) atoms. The highest BCUT2D eigenvalue weighted by atomic mass is 35.5. The number of methoxy groups -OCH3 is 5. The maximum Gasteiger partial charge on any atom is 0.255 e. The van der Waals surface area contributed by atoms with Crippen LogP contribution in [0, 0.1) is 0 Å². The van der Waals surface area contributed by atoms with Crippen molar-refractivity contribution in [3.8, 4) is 62.8 Å². The Morgan fingerprint density at radius 3 is 1.98 bits per heavy atom. The summed E-state index contributed by atoms with van der Waals surface area (Å²) in [5.74, 6) is 4.39. The second-order valence-electron chi connectivity index (χ2n) is 12.8. The van der Waals surface area contributed by atoms with Crippen molar-refractivity contribution in [1.82, 2.24) is 10.5 Å². The summed E-state index contributed by atoms with van der Waals surface area (Å²) in [6.45, 7) is 1.14. The average Bonchev–Trinajstić information content (AvgIpc) is 3.71. The summed E-state index contributed by atoms with van der Waals surface area (Å²) in [6.07, 6.45) is 5.71. The van der Waals surface area contributed by atoms with Crippen molar-refractivity contribution in [2.75, 3.05) is 54.1 Å². The van der Waals surface area contributed by atoms with Gasteiger partial charge in [0.15, 0.2) is 40.3 Å². The first-order valence-corrected chi connectivity index (χ1v) is 18.5. The Balaban J connectivity index is 0.925. The number of anilines is 1. The zero-order valence-corrected chi connectivity index (χ0v) is 32.4. The summed E-state index contributed by atoms with van der Waals surface area (Å²) in [5, 5.41) is 11.1. The van der Waals surface area contributed by atoms with Crippen LogP contribution in [0.25, 0.3) is 22.6 Å². The van der Waals surface area contributed by atoms with E-state index in [9.17, 15) is 4.79 Å². The number of rotatable bonds is 19. The van der Waals surface area contributed by atoms with E-state index in [0.717, 1.165) is 60.9 Å². The van der Waals surface area contributed by atoms with Gasteiger partial charge in [0.25, 0.3) is 5.91 Å². The fourth-order valence-corrected chi connectivity index (χ4v) is 6.63. The first kappa shape index (κ1) is 39.0. The van der Waals surface area contributed by atoms with Crippen LogP contribution in [0.1, 0.15) is 60.6 Å². The number of nitrogens with zero attached hydrogens (tertiary/aromatic N) is 1. The minimum Gasteiger partial charge on any atom is -0.493 e. The second kappa shape index (κ2) is 18.5. The van der Waals surface area contributed by atoms with Crippen LogP contribution >= 0.6 is 11.6 Å². The van der Waals surface area contributed by atoms with E-state index in [1.807, 2.05) is 60.7 Å². The molecule has 1 aromatic heterocycles. The number of aromatic nitrogens is 1. The molecule has 0 aliphatic carbocycles. The van der Waals surface area contributed by atoms with Crippen molar-refractivity contribution in [1.29, 1.82) is 0 Å². The molecule has 290 valence electrons. The molecule has 1 amide bonds. The Kier molecular flexibility index (Phi) is 13.1. The highest BCUT2D eigenvalue weighted by molar-refractivity contribution is 6.31. The lowest BCUT2D eigenvalue weighted by molar-refractivity contribution is 0.0935. The average molecular weight is 772 g/mol. The largest absolute Gasteiger partial charge is 0.493 e. The zero-order valence-electron chi connectivity index (χ0n) is 31.7. The summed E-state index contributed by atoms with van der Waals surface area (Å²) in [4.78, 5) is 12.7. The molecule has 6 rings (SSSR count). The standard InChI is InChI=1S/C42H46ClN3O9/c1-48-36-21-26(41-44-31-17-16-28(43)24-30(31)42(47)45-41)15-18-33(36)53-19-10-8-6-7-9-11-20-54-34-14-12-13-29(39(34)51-4)35-25-32(46-55-35)27-22-37(49-2)40(52-5)38(23-27)50-3/h12-18,21-25,41,44H,6-11,19-20H2,1-5H3,(H,45,47). The van der Waals surface area contributed by atoms with Crippen LogP contribution in [-0.4, -0.2) is 59.8 Å². The van der Waals surface area contributed by atoms with E-state index >= 15 is 0 Å². The number of ether oxygens (including phenoxy) is 7. The zero-order chi connectivity index (χ0) is 38.7. The molecule has 1 unspecified atom stereocenters. The van der Waals surface area contributed by atoms with E-state index in [4.69, 9.17) is 49.3 Å². The van der Waals surface area contributed by atoms with Gasteiger partial charge < -0.3 is 48.3 Å². The van der Waals surface area contributed by atoms with E-state index in [-0.39, 0.29) is 5.91 Å². The van der Waals surface area contributed by atoms with Crippen molar-refractivity contribution in [3.63, 3.8) is 0 Å². The van der Waals surface area contributed by atoms with Gasteiger partial charge in [-0.2, -0.15) is 0 Å². The van der Waals surface area contributed by atoms with E-state index in [1.165, 1.54) is 0 Å². The molecule has 0 radical (unpaired) electrons. The maximum absolute atomic E-state index is 12.7. The monoisotopic (exact) mass is 771 g/mol. The van der Waals surface area contributed by atoms with Crippen molar-refractivity contribution >= 4 is 23.2 Å². The number of hydrogen-bond donors (Lipinski definition) is 2. The third-order valence-electron chi connectivity index (χ3n) is 9.30. The number of amides is 1. The summed E-state index contributed by atoms with van der Waals surface area (Å²) in [7, 11) is 7.93. The molecule has 1 aliphatic rings. The Labute approximate surface area is 325 Å². The van der Waals surface area contributed by atoms with Gasteiger partial charge in [-0.15, -0.1) is 0 Å². The van der Waals surface area contributed by atoms with Crippen LogP contribution in [0.4, 0.5) is 5.69 Å². The fourth-order valence-electron chi connectivity index (χ4n) is 6.46. The minimum atomic E-state index is -0.405. The first-order chi connectivity index (χ1) is 26.9. The smallest absolute Gasteiger partial charge is 0.255 e. The van der Waals surface area contributed by atoms with Gasteiger partial charge >= 0.3 is 0 Å². The van der Waals surface area contributed by atoms with Crippen LogP contribution in [-0.2, 0) is 0 Å². The summed E-state index contributed by atoms with van der Waals surface area (Å²) in [5.41, 5.74) is 4.18. The van der Waals surface area contributed by atoms with Crippen molar-refractivity contribution in [3.05, 3.63) is 88.9 Å². The Morgan fingerprint density at radius 1 is 0.636 bits per heavy atom. The molecule has 0 saturated carbocycles. The number of unbranched alkanes of at least 4 members (excludes halogenated alkanes) is 5. The van der Waals surface area contributed by atoms with Gasteiger partial charge in [-0.1, -0.05) is 54.6 Å². The third kappa shape index (κ3) is 9.14. The SMILES string of the molecule is COc1cc(C2NC(=O)c3cc(Cl)ccc3N2)ccc1OCCCCCCCCOc1cccc(-c2cc(-c3cc(OC)c(OC)c(OC)c3)no2)c1OC. The number of nitrogens with one attached hydrogen (secondary N) is 2. The Morgan fingerprint density at radius 2 is 1.31 bits per heavy atom. The molecule has 0 saturated heterocycles. The number of benzene rings is 4. The lowest BCUT2D eigenvalue weighted by Gasteiger charge is -2.28. The van der Waals surface area contributed by atoms with Gasteiger partial charge in [0.1, 0.15) is 11.9 Å². The topological polar surface area (TPSA) is 132 Å². The third-order valence-corrected chi connectivity index (χ3v) is 9.53. The molecule has 5 aromatic rings. The molecule has 0 bridgehead atoms. The van der Waals surface area contributed by atoms with Crippen LogP contribution < -0.4 is 43.8 Å². The summed E-state index contributed by atoms with van der Waals surface area (Å²) < 4.78 is 45.8. The van der Waals surface area contributed by atoms with Crippen LogP contribution in [0.3, 0.4) is 0 Å². The lowest BCUT2D eigenvalue weighted by atomic mass is 10.1. The predicted molar refractivity (Wildman–Crippen MR) is 211 cm³/mol. The number of carbonyl (C=O) groups is 1. The van der Waals surface area contributed by atoms with Gasteiger partial charge in [-0.3, -0.25) is 4.79 Å². The van der Waals surface area contributed by atoms with E-state index in [1.54, 1.807) is 47.7 Å². The van der Waals surface area contributed by atoms with Crippen molar-refractivity contribution in [2.45, 2.75) is 44.7 Å². The highest BCUT2D eigenvalue weighted by Crippen LogP contribution is 2.43. The molecule has 13 heteroatoms. The maximum atomic E-state index is 12.7. The van der Waals surface area contributed by atoms with E-state index in [0.29, 0.717) is 75.5 Å². The minimum absolute atomic E-state index is 0.188. The molecule has 12 nitrogen and oxygen atoms in total. The number of halogens is 1. The quantitative estimate of drug-likeness (QED) is 0.0779. The Hall–Kier alpha value is -5.75. The predicted octanol–water partition coefficient (Wildman–Crippen LogP) is 9.36. The molecular weight excluding hydrogens is 726 g/mol. The fraction of sp³-hybridized carbons (Fsp3) is 0.333. The molecule has 0 fully saturated rings. The van der Waals surface area contributed by atoms with Crippen LogP contribution in [0.2, 0.25) is 5.02 Å².